The van der Waals surface area contributed by atoms with Crippen LogP contribution in [0.5, 0.6) is 5.75 Å². The van der Waals surface area contributed by atoms with Gasteiger partial charge in [-0.25, -0.2) is 4.98 Å². The lowest BCUT2D eigenvalue weighted by molar-refractivity contribution is -0.275. The van der Waals surface area contributed by atoms with E-state index >= 15 is 0 Å². The number of pyridine rings is 1. The molecule has 0 atom stereocenters. The summed E-state index contributed by atoms with van der Waals surface area (Å²) in [5.74, 6) is -1.79. The number of halogens is 5. The number of ether oxygens (including phenoxy) is 1. The van der Waals surface area contributed by atoms with E-state index in [2.05, 4.69) is 25.7 Å². The number of rotatable bonds is 4. The number of alkyl halides is 4. The Kier molecular flexibility index (Phi) is 5.20. The summed E-state index contributed by atoms with van der Waals surface area (Å²) < 4.78 is 40.8. The molecule has 0 radical (unpaired) electrons. The summed E-state index contributed by atoms with van der Waals surface area (Å²) in [6.07, 6.45) is -5.46. The van der Waals surface area contributed by atoms with Gasteiger partial charge in [-0.1, -0.05) is 15.9 Å². The van der Waals surface area contributed by atoms with Crippen molar-refractivity contribution in [2.45, 2.75) is 18.1 Å². The van der Waals surface area contributed by atoms with E-state index in [1.54, 1.807) is 22.6 Å². The van der Waals surface area contributed by atoms with Crippen molar-refractivity contribution in [2.24, 2.45) is 0 Å². The summed E-state index contributed by atoms with van der Waals surface area (Å²) >= 11 is 4.78. The largest absolute Gasteiger partial charge is 0.573 e. The smallest absolute Gasteiger partial charge is 0.481 e. The summed E-state index contributed by atoms with van der Waals surface area (Å²) in [4.78, 5) is 14.6. The van der Waals surface area contributed by atoms with Crippen LogP contribution in [0.1, 0.15) is 11.3 Å². The summed E-state index contributed by atoms with van der Waals surface area (Å²) in [6.45, 7) is 0. The van der Waals surface area contributed by atoms with Gasteiger partial charge in [0.2, 0.25) is 0 Å². The van der Waals surface area contributed by atoms with Gasteiger partial charge in [0, 0.05) is 17.0 Å². The summed E-state index contributed by atoms with van der Waals surface area (Å²) in [5, 5.41) is 8.84. The molecule has 0 aromatic carbocycles. The number of carboxylic acid groups (broad SMARTS) is 1. The van der Waals surface area contributed by atoms with Crippen molar-refractivity contribution in [2.75, 3.05) is 0 Å². The summed E-state index contributed by atoms with van der Waals surface area (Å²) in [5.41, 5.74) is 0.126. The molecule has 100 valence electrons. The summed E-state index contributed by atoms with van der Waals surface area (Å²) in [6, 6.07) is 1.05. The molecule has 0 saturated carbocycles. The fourth-order valence-corrected chi connectivity index (χ4v) is 2.27. The van der Waals surface area contributed by atoms with Crippen LogP contribution in [0.4, 0.5) is 13.2 Å². The lowest BCUT2D eigenvalue weighted by Crippen LogP contribution is -2.20. The zero-order chi connectivity index (χ0) is 13.9. The Labute approximate surface area is 122 Å². The molecule has 0 aliphatic carbocycles. The third-order valence-corrected chi connectivity index (χ3v) is 2.90. The molecule has 9 heteroatoms. The van der Waals surface area contributed by atoms with E-state index in [9.17, 15) is 18.0 Å². The monoisotopic (exact) mass is 439 g/mol. The highest BCUT2D eigenvalue weighted by atomic mass is 127. The van der Waals surface area contributed by atoms with Crippen LogP contribution >= 0.6 is 38.5 Å². The number of nitrogens with zero attached hydrogens (tertiary/aromatic N) is 1. The maximum Gasteiger partial charge on any atom is 0.573 e. The van der Waals surface area contributed by atoms with Crippen LogP contribution in [0.3, 0.4) is 0 Å². The molecule has 1 rings (SSSR count). The molecule has 0 spiro atoms. The van der Waals surface area contributed by atoms with Crippen molar-refractivity contribution < 1.29 is 27.8 Å². The van der Waals surface area contributed by atoms with E-state index in [0.29, 0.717) is 0 Å². The van der Waals surface area contributed by atoms with Crippen LogP contribution in [0.2, 0.25) is 0 Å². The molecule has 0 amide bonds. The molecule has 0 fully saturated rings. The van der Waals surface area contributed by atoms with Crippen LogP contribution in [-0.2, 0) is 16.5 Å². The molecule has 0 bridgehead atoms. The molecule has 1 aromatic heterocycles. The number of carboxylic acids is 1. The Morgan fingerprint density at radius 3 is 2.61 bits per heavy atom. The average Bonchev–Trinajstić information content (AvgIpc) is 2.18. The molecule has 18 heavy (non-hydrogen) atoms. The summed E-state index contributed by atoms with van der Waals surface area (Å²) in [7, 11) is 0. The first kappa shape index (κ1) is 15.5. The molecular weight excluding hydrogens is 434 g/mol. The molecule has 1 aromatic rings. The fourth-order valence-electron chi connectivity index (χ4n) is 1.23. The van der Waals surface area contributed by atoms with Gasteiger partial charge in [0.25, 0.3) is 0 Å². The second kappa shape index (κ2) is 6.04. The number of carbonyl (C=O) groups is 1. The number of hydrogen-bond acceptors (Lipinski definition) is 3. The van der Waals surface area contributed by atoms with Crippen molar-refractivity contribution in [3.63, 3.8) is 0 Å². The molecular formula is C9H6BrF3INO3. The molecule has 1 heterocycles. The lowest BCUT2D eigenvalue weighted by Gasteiger charge is -2.14. The van der Waals surface area contributed by atoms with Crippen LogP contribution in [0.15, 0.2) is 6.07 Å². The Balaban J connectivity index is 3.27. The Morgan fingerprint density at radius 1 is 1.56 bits per heavy atom. The fraction of sp³-hybridized carbons (Fsp3) is 0.333. The highest BCUT2D eigenvalue weighted by molar-refractivity contribution is 14.1. The molecule has 0 unspecified atom stereocenters. The minimum Gasteiger partial charge on any atom is -0.481 e. The van der Waals surface area contributed by atoms with Gasteiger partial charge in [-0.2, -0.15) is 0 Å². The van der Waals surface area contributed by atoms with Crippen LogP contribution in [0.25, 0.3) is 0 Å². The number of hydrogen-bond donors (Lipinski definition) is 1. The zero-order valence-corrected chi connectivity index (χ0v) is 12.3. The van der Waals surface area contributed by atoms with Gasteiger partial charge in [-0.05, 0) is 22.6 Å². The van der Waals surface area contributed by atoms with Crippen LogP contribution in [0, 0.1) is 3.70 Å². The third-order valence-electron chi connectivity index (χ3n) is 1.82. The number of aromatic nitrogens is 1. The Morgan fingerprint density at radius 2 is 2.17 bits per heavy atom. The minimum absolute atomic E-state index is 0.0860. The molecule has 0 aliphatic rings. The predicted octanol–water partition coefficient (Wildman–Crippen LogP) is 3.11. The third kappa shape index (κ3) is 4.59. The Hall–Kier alpha value is -0.580. The second-order valence-electron chi connectivity index (χ2n) is 3.12. The van der Waals surface area contributed by atoms with Crippen molar-refractivity contribution >= 4 is 44.5 Å². The van der Waals surface area contributed by atoms with E-state index in [0.717, 1.165) is 6.07 Å². The highest BCUT2D eigenvalue weighted by Gasteiger charge is 2.33. The predicted molar refractivity (Wildman–Crippen MR) is 67.6 cm³/mol. The maximum atomic E-state index is 12.2. The highest BCUT2D eigenvalue weighted by Crippen LogP contribution is 2.30. The average molecular weight is 440 g/mol. The molecule has 0 saturated heterocycles. The van der Waals surface area contributed by atoms with Crippen molar-refractivity contribution in [3.8, 4) is 5.75 Å². The van der Waals surface area contributed by atoms with Gasteiger partial charge in [0.15, 0.2) is 0 Å². The molecule has 1 N–H and O–H groups in total. The SMILES string of the molecule is O=C(O)Cc1c(OC(F)(F)F)cc(I)nc1CBr. The second-order valence-corrected chi connectivity index (χ2v) is 4.79. The van der Waals surface area contributed by atoms with Crippen molar-refractivity contribution in [3.05, 3.63) is 21.0 Å². The van der Waals surface area contributed by atoms with Gasteiger partial charge in [-0.15, -0.1) is 13.2 Å². The first-order chi connectivity index (χ1) is 8.23. The van der Waals surface area contributed by atoms with E-state index in [-0.39, 0.29) is 20.3 Å². The van der Waals surface area contributed by atoms with Gasteiger partial charge in [0.1, 0.15) is 9.45 Å². The van der Waals surface area contributed by atoms with E-state index in [4.69, 9.17) is 5.11 Å². The minimum atomic E-state index is -4.87. The molecule has 4 nitrogen and oxygen atoms in total. The normalized spacial score (nSPS) is 11.4. The van der Waals surface area contributed by atoms with Gasteiger partial charge in [-0.3, -0.25) is 4.79 Å². The van der Waals surface area contributed by atoms with E-state index in [1.807, 2.05) is 0 Å². The maximum absolute atomic E-state index is 12.2. The van der Waals surface area contributed by atoms with Crippen molar-refractivity contribution in [1.82, 2.24) is 4.98 Å². The van der Waals surface area contributed by atoms with E-state index < -0.39 is 24.5 Å². The topological polar surface area (TPSA) is 59.4 Å². The van der Waals surface area contributed by atoms with Crippen LogP contribution in [-0.4, -0.2) is 22.4 Å². The quantitative estimate of drug-likeness (QED) is 0.445. The zero-order valence-electron chi connectivity index (χ0n) is 8.59. The number of aliphatic carboxylic acids is 1. The lowest BCUT2D eigenvalue weighted by atomic mass is 10.1. The van der Waals surface area contributed by atoms with Crippen molar-refractivity contribution in [1.29, 1.82) is 0 Å². The van der Waals surface area contributed by atoms with Gasteiger partial charge in [0.05, 0.1) is 12.1 Å². The van der Waals surface area contributed by atoms with Gasteiger partial charge < -0.3 is 9.84 Å². The molecule has 0 aliphatic heterocycles. The first-order valence-electron chi connectivity index (χ1n) is 4.44. The standard InChI is InChI=1S/C9H6BrF3INO3/c10-3-5-4(1-8(16)17)6(2-7(14)15-5)18-9(11,12)13/h2H,1,3H2,(H,16,17). The first-order valence-corrected chi connectivity index (χ1v) is 6.64. The van der Waals surface area contributed by atoms with E-state index in [1.165, 1.54) is 0 Å². The van der Waals surface area contributed by atoms with Crippen LogP contribution < -0.4 is 4.74 Å². The van der Waals surface area contributed by atoms with Gasteiger partial charge >= 0.3 is 12.3 Å². The Bertz CT molecular complexity index is 467.